The Kier molecular flexibility index (Phi) is 11.0. The first-order chi connectivity index (χ1) is 15.5. The molecule has 0 unspecified atom stereocenters. The zero-order valence-corrected chi connectivity index (χ0v) is 19.7. The van der Waals surface area contributed by atoms with Gasteiger partial charge in [0.2, 0.25) is 0 Å². The summed E-state index contributed by atoms with van der Waals surface area (Å²) in [5.41, 5.74) is 0.623. The maximum atomic E-state index is 12.9. The number of benzene rings is 2. The van der Waals surface area contributed by atoms with Crippen LogP contribution >= 0.6 is 15.9 Å². The van der Waals surface area contributed by atoms with E-state index < -0.39 is 28.2 Å². The van der Waals surface area contributed by atoms with E-state index in [4.69, 9.17) is 9.31 Å². The molecule has 0 bridgehead atoms. The summed E-state index contributed by atoms with van der Waals surface area (Å²) in [5.74, 6) is -0.717. The van der Waals surface area contributed by atoms with Crippen LogP contribution in [0.2, 0.25) is 0 Å². The van der Waals surface area contributed by atoms with Crippen LogP contribution in [0.4, 0.5) is 35.1 Å². The molecule has 0 N–H and O–H groups in total. The van der Waals surface area contributed by atoms with E-state index in [0.29, 0.717) is 18.8 Å². The minimum absolute atomic E-state index is 0.101. The molecule has 2 nitrogen and oxygen atoms in total. The first kappa shape index (κ1) is 29.9. The second-order valence-electron chi connectivity index (χ2n) is 6.93. The van der Waals surface area contributed by atoms with Gasteiger partial charge in [-0.1, -0.05) is 31.4 Å². The SMILES string of the molecule is C=C(Br)C(F)(F)F.C=C(c1ccc(F)c(C)c1)C(F)(F)F.Cc1cc(B2OCCO2)ccc1F. The smallest absolute Gasteiger partial charge is 0.405 e. The topological polar surface area (TPSA) is 18.5 Å². The van der Waals surface area contributed by atoms with E-state index in [1.165, 1.54) is 13.0 Å². The van der Waals surface area contributed by atoms with Crippen LogP contribution in [0, 0.1) is 25.5 Å². The number of allylic oxidation sites excluding steroid dienone is 2. The second kappa shape index (κ2) is 12.5. The van der Waals surface area contributed by atoms with Gasteiger partial charge in [-0.25, -0.2) is 8.78 Å². The van der Waals surface area contributed by atoms with Crippen LogP contribution in [0.1, 0.15) is 16.7 Å². The van der Waals surface area contributed by atoms with Crippen molar-refractivity contribution in [3.05, 3.63) is 82.4 Å². The zero-order chi connectivity index (χ0) is 26.3. The van der Waals surface area contributed by atoms with Crippen LogP contribution < -0.4 is 5.46 Å². The Bertz CT molecular complexity index is 999. The van der Waals surface area contributed by atoms with E-state index in [1.807, 2.05) is 0 Å². The summed E-state index contributed by atoms with van der Waals surface area (Å²) in [5, 5.41) is 0. The lowest BCUT2D eigenvalue weighted by Gasteiger charge is -2.10. The molecule has 12 heteroatoms. The van der Waals surface area contributed by atoms with Crippen LogP contribution in [0.5, 0.6) is 0 Å². The maximum absolute atomic E-state index is 12.9. The van der Waals surface area contributed by atoms with E-state index >= 15 is 0 Å². The summed E-state index contributed by atoms with van der Waals surface area (Å²) in [6.07, 6.45) is -8.75. The Morgan fingerprint density at radius 2 is 1.26 bits per heavy atom. The number of alkyl halides is 6. The fraction of sp³-hybridized carbons (Fsp3) is 0.273. The van der Waals surface area contributed by atoms with Gasteiger partial charge in [0.15, 0.2) is 0 Å². The molecule has 1 fully saturated rings. The monoisotopic (exact) mass is 558 g/mol. The summed E-state index contributed by atoms with van der Waals surface area (Å²) < 4.78 is 105. The van der Waals surface area contributed by atoms with Gasteiger partial charge in [0.1, 0.15) is 11.6 Å². The van der Waals surface area contributed by atoms with Crippen molar-refractivity contribution in [3.63, 3.8) is 0 Å². The molecule has 186 valence electrons. The molecule has 0 amide bonds. The number of hydrogen-bond acceptors (Lipinski definition) is 2. The van der Waals surface area contributed by atoms with Gasteiger partial charge < -0.3 is 9.31 Å². The lowest BCUT2D eigenvalue weighted by atomic mass is 9.79. The lowest BCUT2D eigenvalue weighted by molar-refractivity contribution is -0.0825. The quantitative estimate of drug-likeness (QED) is 0.291. The predicted octanol–water partition coefficient (Wildman–Crippen LogP) is 7.04. The number of rotatable bonds is 2. The van der Waals surface area contributed by atoms with Gasteiger partial charge >= 0.3 is 19.5 Å². The molecule has 2 aromatic carbocycles. The van der Waals surface area contributed by atoms with Crippen LogP contribution in [0.25, 0.3) is 5.57 Å². The fourth-order valence-corrected chi connectivity index (χ4v) is 2.36. The molecule has 1 aliphatic heterocycles. The second-order valence-corrected chi connectivity index (χ2v) is 7.88. The van der Waals surface area contributed by atoms with Crippen molar-refractivity contribution in [2.24, 2.45) is 0 Å². The van der Waals surface area contributed by atoms with Crippen molar-refractivity contribution in [1.29, 1.82) is 0 Å². The minimum Gasteiger partial charge on any atom is -0.405 e. The van der Waals surface area contributed by atoms with E-state index in [1.54, 1.807) is 19.1 Å². The van der Waals surface area contributed by atoms with Gasteiger partial charge in [0.05, 0.1) is 23.3 Å². The lowest BCUT2D eigenvalue weighted by Crippen LogP contribution is -2.31. The highest BCUT2D eigenvalue weighted by molar-refractivity contribution is 9.11. The van der Waals surface area contributed by atoms with E-state index in [0.717, 1.165) is 23.7 Å². The first-order valence-corrected chi connectivity index (χ1v) is 10.3. The minimum atomic E-state index is -4.47. The van der Waals surface area contributed by atoms with Crippen LogP contribution in [0.15, 0.2) is 54.0 Å². The molecule has 1 saturated heterocycles. The van der Waals surface area contributed by atoms with E-state index in [2.05, 4.69) is 29.1 Å². The van der Waals surface area contributed by atoms with Gasteiger partial charge in [0.25, 0.3) is 0 Å². The Labute approximate surface area is 200 Å². The molecular formula is C22H20BBrF8O2. The normalized spacial score (nSPS) is 13.4. The zero-order valence-electron chi connectivity index (χ0n) is 18.1. The number of aryl methyl sites for hydroxylation is 2. The van der Waals surface area contributed by atoms with Crippen molar-refractivity contribution >= 4 is 34.1 Å². The molecule has 0 radical (unpaired) electrons. The number of hydrogen-bond donors (Lipinski definition) is 0. The molecule has 1 heterocycles. The van der Waals surface area contributed by atoms with Crippen LogP contribution in [0.3, 0.4) is 0 Å². The van der Waals surface area contributed by atoms with Crippen LogP contribution in [-0.4, -0.2) is 32.7 Å². The van der Waals surface area contributed by atoms with Gasteiger partial charge in [-0.3, -0.25) is 0 Å². The summed E-state index contributed by atoms with van der Waals surface area (Å²) in [6, 6.07) is 8.09. The Balaban J connectivity index is 0.000000270. The van der Waals surface area contributed by atoms with Gasteiger partial charge in [-0.05, 0) is 70.1 Å². The average Bonchev–Trinajstić information content (AvgIpc) is 3.26. The molecule has 0 aromatic heterocycles. The summed E-state index contributed by atoms with van der Waals surface area (Å²) in [7, 11) is -0.306. The predicted molar refractivity (Wildman–Crippen MR) is 119 cm³/mol. The molecule has 0 aliphatic carbocycles. The van der Waals surface area contributed by atoms with Gasteiger partial charge in [0, 0.05) is 0 Å². The molecular weight excluding hydrogens is 539 g/mol. The van der Waals surface area contributed by atoms with Gasteiger partial charge in [-0.15, -0.1) is 0 Å². The Hall–Kier alpha value is -2.18. The van der Waals surface area contributed by atoms with Crippen molar-refractivity contribution in [2.75, 3.05) is 13.2 Å². The third-order valence-corrected chi connectivity index (χ3v) is 4.68. The van der Waals surface area contributed by atoms with Crippen molar-refractivity contribution in [2.45, 2.75) is 26.2 Å². The highest BCUT2D eigenvalue weighted by Gasteiger charge is 2.33. The molecule has 2 aromatic rings. The average molecular weight is 559 g/mol. The third-order valence-electron chi connectivity index (χ3n) is 4.23. The molecule has 1 aliphatic rings. The van der Waals surface area contributed by atoms with E-state index in [9.17, 15) is 35.1 Å². The highest BCUT2D eigenvalue weighted by Crippen LogP contribution is 2.32. The van der Waals surface area contributed by atoms with E-state index in [-0.39, 0.29) is 24.1 Å². The maximum Gasteiger partial charge on any atom is 0.494 e. The van der Waals surface area contributed by atoms with Crippen molar-refractivity contribution in [3.8, 4) is 0 Å². The third kappa shape index (κ3) is 9.59. The van der Waals surface area contributed by atoms with Crippen molar-refractivity contribution < 1.29 is 44.4 Å². The van der Waals surface area contributed by atoms with Crippen LogP contribution in [-0.2, 0) is 9.31 Å². The molecule has 0 spiro atoms. The molecule has 0 saturated carbocycles. The summed E-state index contributed by atoms with van der Waals surface area (Å²) >= 11 is 2.18. The Morgan fingerprint density at radius 1 is 0.824 bits per heavy atom. The van der Waals surface area contributed by atoms with Gasteiger partial charge in [-0.2, -0.15) is 26.3 Å². The molecule has 0 atom stereocenters. The standard InChI is InChI=1S/C10H8F4.C9H10BFO2.C3H2BrF3/c1-6-5-8(3-4-9(6)11)7(2)10(12,13)14;1-7-6-8(2-3-9(7)11)10-12-4-5-13-10;1-2(4)3(5,6)7/h3-5H,2H2,1H3;2-3,6H,4-5H2,1H3;1H2. The number of halogens is 9. The largest absolute Gasteiger partial charge is 0.494 e. The molecule has 3 rings (SSSR count). The summed E-state index contributed by atoms with van der Waals surface area (Å²) in [6.45, 7) is 9.90. The molecule has 34 heavy (non-hydrogen) atoms. The Morgan fingerprint density at radius 3 is 1.65 bits per heavy atom. The first-order valence-electron chi connectivity index (χ1n) is 9.47. The summed E-state index contributed by atoms with van der Waals surface area (Å²) in [4.78, 5) is 0. The van der Waals surface area contributed by atoms with Crippen molar-refractivity contribution in [1.82, 2.24) is 0 Å². The highest BCUT2D eigenvalue weighted by atomic mass is 79.9. The fourth-order valence-electron chi connectivity index (χ4n) is 2.36.